The number of benzene rings is 2. The van der Waals surface area contributed by atoms with Crippen LogP contribution in [0.4, 0.5) is 19.0 Å². The molecule has 0 saturated heterocycles. The number of carbonyl (C=O) groups is 1. The molecule has 4 rings (SSSR count). The number of fused-ring (bicyclic) bond motifs is 1. The van der Waals surface area contributed by atoms with Crippen molar-refractivity contribution in [1.82, 2.24) is 14.8 Å². The molecule has 0 spiro atoms. The van der Waals surface area contributed by atoms with Gasteiger partial charge in [0, 0.05) is 30.3 Å². The summed E-state index contributed by atoms with van der Waals surface area (Å²) in [6.45, 7) is 0. The predicted octanol–water partition coefficient (Wildman–Crippen LogP) is 4.91. The Morgan fingerprint density at radius 1 is 1.03 bits per heavy atom. The Morgan fingerprint density at radius 3 is 2.55 bits per heavy atom. The second-order valence-electron chi connectivity index (χ2n) is 6.48. The number of nitrogens with zero attached hydrogens (tertiary/aromatic N) is 3. The minimum Gasteiger partial charge on any atom is -0.305 e. The molecular formula is C21H15F3N4O. The lowest BCUT2D eigenvalue weighted by atomic mass is 10.0. The minimum atomic E-state index is -4.44. The number of rotatable bonds is 3. The Morgan fingerprint density at radius 2 is 1.83 bits per heavy atom. The second kappa shape index (κ2) is 7.05. The molecule has 2 heterocycles. The van der Waals surface area contributed by atoms with Gasteiger partial charge in [0.1, 0.15) is 0 Å². The predicted molar refractivity (Wildman–Crippen MR) is 103 cm³/mol. The zero-order chi connectivity index (χ0) is 20.6. The molecule has 0 saturated carbocycles. The highest BCUT2D eigenvalue weighted by molar-refractivity contribution is 6.11. The van der Waals surface area contributed by atoms with Gasteiger partial charge in [-0.15, -0.1) is 0 Å². The van der Waals surface area contributed by atoms with Gasteiger partial charge in [0.2, 0.25) is 0 Å². The molecule has 0 unspecified atom stereocenters. The van der Waals surface area contributed by atoms with E-state index in [0.717, 1.165) is 12.1 Å². The minimum absolute atomic E-state index is 0.307. The summed E-state index contributed by atoms with van der Waals surface area (Å²) in [5.74, 6) is -0.00784. The van der Waals surface area contributed by atoms with Gasteiger partial charge in [0.05, 0.1) is 22.3 Å². The van der Waals surface area contributed by atoms with Gasteiger partial charge in [-0.1, -0.05) is 30.3 Å². The zero-order valence-electron chi connectivity index (χ0n) is 15.2. The third-order valence-electron chi connectivity index (χ3n) is 4.41. The van der Waals surface area contributed by atoms with E-state index in [1.54, 1.807) is 60.4 Å². The molecule has 1 amide bonds. The molecule has 2 aromatic carbocycles. The number of alkyl halides is 3. The molecule has 0 radical (unpaired) electrons. The molecule has 0 atom stereocenters. The maximum absolute atomic E-state index is 13.0. The van der Waals surface area contributed by atoms with Crippen molar-refractivity contribution in [1.29, 1.82) is 0 Å². The molecule has 29 heavy (non-hydrogen) atoms. The molecule has 146 valence electrons. The van der Waals surface area contributed by atoms with Gasteiger partial charge in [-0.05, 0) is 24.3 Å². The summed E-state index contributed by atoms with van der Waals surface area (Å²) in [6, 6.07) is 15.1. The van der Waals surface area contributed by atoms with Gasteiger partial charge in [-0.25, -0.2) is 4.98 Å². The SMILES string of the molecule is Cn1ccc(NC(=O)c2cccc3ccc(-c4cccc(C(F)(F)F)c4)nc23)n1. The Hall–Kier alpha value is -3.68. The van der Waals surface area contributed by atoms with Gasteiger partial charge in [0.25, 0.3) is 5.91 Å². The molecule has 0 fully saturated rings. The van der Waals surface area contributed by atoms with E-state index in [1.165, 1.54) is 6.07 Å². The molecule has 4 aromatic rings. The molecule has 5 nitrogen and oxygen atoms in total. The van der Waals surface area contributed by atoms with Gasteiger partial charge in [0.15, 0.2) is 5.82 Å². The number of aromatic nitrogens is 3. The number of nitrogens with one attached hydrogen (secondary N) is 1. The molecule has 2 aromatic heterocycles. The highest BCUT2D eigenvalue weighted by Gasteiger charge is 2.30. The molecule has 8 heteroatoms. The average Bonchev–Trinajstić information content (AvgIpc) is 3.11. The van der Waals surface area contributed by atoms with Crippen LogP contribution in [0.2, 0.25) is 0 Å². The molecule has 1 N–H and O–H groups in total. The van der Waals surface area contributed by atoms with Crippen LogP contribution < -0.4 is 5.32 Å². The first-order valence-corrected chi connectivity index (χ1v) is 8.70. The summed E-state index contributed by atoms with van der Waals surface area (Å²) in [5.41, 5.74) is 0.624. The van der Waals surface area contributed by atoms with Crippen molar-refractivity contribution in [3.8, 4) is 11.3 Å². The van der Waals surface area contributed by atoms with Gasteiger partial charge < -0.3 is 5.32 Å². The molecule has 0 aliphatic carbocycles. The molecule has 0 aliphatic heterocycles. The number of aryl methyl sites for hydroxylation is 1. The Bertz CT molecular complexity index is 1210. The standard InChI is InChI=1S/C21H15F3N4O/c1-28-11-10-18(27-28)26-20(29)16-7-3-4-13-8-9-17(25-19(13)16)14-5-2-6-15(12-14)21(22,23)24/h2-12H,1H3,(H,26,27,29). The van der Waals surface area contributed by atoms with Crippen LogP contribution in [0.25, 0.3) is 22.2 Å². The first-order chi connectivity index (χ1) is 13.8. The molecular weight excluding hydrogens is 381 g/mol. The third-order valence-corrected chi connectivity index (χ3v) is 4.41. The summed E-state index contributed by atoms with van der Waals surface area (Å²) in [7, 11) is 1.73. The van der Waals surface area contributed by atoms with E-state index in [9.17, 15) is 18.0 Å². The third kappa shape index (κ3) is 3.82. The van der Waals surface area contributed by atoms with E-state index in [0.29, 0.717) is 33.5 Å². The second-order valence-corrected chi connectivity index (χ2v) is 6.48. The quantitative estimate of drug-likeness (QED) is 0.536. The van der Waals surface area contributed by atoms with Crippen LogP contribution in [-0.4, -0.2) is 20.7 Å². The monoisotopic (exact) mass is 396 g/mol. The summed E-state index contributed by atoms with van der Waals surface area (Å²) in [5, 5.41) is 7.51. The Labute approximate surface area is 163 Å². The lowest BCUT2D eigenvalue weighted by Crippen LogP contribution is -2.13. The normalized spacial score (nSPS) is 11.6. The number of halogens is 3. The lowest BCUT2D eigenvalue weighted by molar-refractivity contribution is -0.137. The van der Waals surface area contributed by atoms with E-state index >= 15 is 0 Å². The fourth-order valence-electron chi connectivity index (χ4n) is 3.01. The van der Waals surface area contributed by atoms with Crippen molar-refractivity contribution in [2.24, 2.45) is 7.05 Å². The maximum atomic E-state index is 13.0. The van der Waals surface area contributed by atoms with E-state index in [2.05, 4.69) is 15.4 Å². The largest absolute Gasteiger partial charge is 0.416 e. The van der Waals surface area contributed by atoms with Crippen LogP contribution in [0.5, 0.6) is 0 Å². The molecule has 0 bridgehead atoms. The van der Waals surface area contributed by atoms with Crippen LogP contribution in [0, 0.1) is 0 Å². The fraction of sp³-hybridized carbons (Fsp3) is 0.0952. The summed E-state index contributed by atoms with van der Waals surface area (Å²) < 4.78 is 40.7. The van der Waals surface area contributed by atoms with Gasteiger partial charge in [-0.2, -0.15) is 18.3 Å². The maximum Gasteiger partial charge on any atom is 0.416 e. The van der Waals surface area contributed by atoms with Crippen LogP contribution in [0.3, 0.4) is 0 Å². The van der Waals surface area contributed by atoms with E-state index in [4.69, 9.17) is 0 Å². The number of pyridine rings is 1. The number of para-hydroxylation sites is 1. The first kappa shape index (κ1) is 18.7. The van der Waals surface area contributed by atoms with Crippen molar-refractivity contribution < 1.29 is 18.0 Å². The number of hydrogen-bond acceptors (Lipinski definition) is 3. The lowest BCUT2D eigenvalue weighted by Gasteiger charge is -2.10. The highest BCUT2D eigenvalue weighted by Crippen LogP contribution is 2.32. The van der Waals surface area contributed by atoms with Gasteiger partial charge in [-0.3, -0.25) is 9.48 Å². The number of carbonyl (C=O) groups excluding carboxylic acids is 1. The van der Waals surface area contributed by atoms with Crippen molar-refractivity contribution in [3.05, 3.63) is 78.0 Å². The van der Waals surface area contributed by atoms with E-state index in [-0.39, 0.29) is 0 Å². The van der Waals surface area contributed by atoms with E-state index < -0.39 is 17.6 Å². The number of hydrogen-bond donors (Lipinski definition) is 1. The van der Waals surface area contributed by atoms with Crippen molar-refractivity contribution in [3.63, 3.8) is 0 Å². The van der Waals surface area contributed by atoms with Crippen LogP contribution in [0.1, 0.15) is 15.9 Å². The number of amides is 1. The summed E-state index contributed by atoms with van der Waals surface area (Å²) in [6.07, 6.45) is -2.75. The van der Waals surface area contributed by atoms with Crippen LogP contribution in [-0.2, 0) is 13.2 Å². The van der Waals surface area contributed by atoms with Crippen molar-refractivity contribution in [2.75, 3.05) is 5.32 Å². The highest BCUT2D eigenvalue weighted by atomic mass is 19.4. The van der Waals surface area contributed by atoms with E-state index in [1.807, 2.05) is 0 Å². The van der Waals surface area contributed by atoms with Crippen LogP contribution in [0.15, 0.2) is 66.9 Å². The Kier molecular flexibility index (Phi) is 4.54. The van der Waals surface area contributed by atoms with Gasteiger partial charge >= 0.3 is 6.18 Å². The van der Waals surface area contributed by atoms with Crippen LogP contribution >= 0.6 is 0 Å². The van der Waals surface area contributed by atoms with Crippen molar-refractivity contribution >= 4 is 22.6 Å². The Balaban J connectivity index is 1.76. The topological polar surface area (TPSA) is 59.8 Å². The molecule has 0 aliphatic rings. The smallest absolute Gasteiger partial charge is 0.305 e. The van der Waals surface area contributed by atoms with Crippen molar-refractivity contribution in [2.45, 2.75) is 6.18 Å². The fourth-order valence-corrected chi connectivity index (χ4v) is 3.01. The first-order valence-electron chi connectivity index (χ1n) is 8.70. The average molecular weight is 396 g/mol. The summed E-state index contributed by atoms with van der Waals surface area (Å²) in [4.78, 5) is 17.2. The summed E-state index contributed by atoms with van der Waals surface area (Å²) >= 11 is 0. The number of anilines is 1. The zero-order valence-corrected chi connectivity index (χ0v) is 15.2.